The highest BCUT2D eigenvalue weighted by atomic mass is 16.3. The molecule has 29 heavy (non-hydrogen) atoms. The largest absolute Gasteiger partial charge is 0.396 e. The lowest BCUT2D eigenvalue weighted by molar-refractivity contribution is -0.130. The van der Waals surface area contributed by atoms with Crippen LogP contribution in [-0.2, 0) is 11.2 Å². The molecule has 1 aromatic carbocycles. The van der Waals surface area contributed by atoms with Gasteiger partial charge in [-0.2, -0.15) is 0 Å². The third-order valence-electron chi connectivity index (χ3n) is 6.10. The van der Waals surface area contributed by atoms with Crippen molar-refractivity contribution >= 4 is 11.8 Å². The van der Waals surface area contributed by atoms with Gasteiger partial charge in [-0.25, -0.2) is 4.98 Å². The standard InChI is InChI=1S/C21H24N4O4/c1-14-2-4-15(5-3-14)8-17(27)24-9-16-10-25(12-21(16,11-24)13-26)20(29)18-19(28)23-7-6-22-18/h2-7,16,26H,8-13H2,1H3,(H,23,28)/t16-,21+/m1/s1. The summed E-state index contributed by atoms with van der Waals surface area (Å²) in [5.74, 6) is -0.442. The van der Waals surface area contributed by atoms with Gasteiger partial charge < -0.3 is 19.9 Å². The van der Waals surface area contributed by atoms with E-state index in [-0.39, 0.29) is 24.1 Å². The number of fused-ring (bicyclic) bond motifs is 1. The zero-order chi connectivity index (χ0) is 20.6. The lowest BCUT2D eigenvalue weighted by Crippen LogP contribution is -2.42. The van der Waals surface area contributed by atoms with Crippen LogP contribution in [0.4, 0.5) is 0 Å². The molecule has 2 aromatic rings. The normalized spacial score (nSPS) is 23.3. The number of carbonyl (C=O) groups is 2. The fraction of sp³-hybridized carbons (Fsp3) is 0.429. The van der Waals surface area contributed by atoms with Crippen molar-refractivity contribution in [2.45, 2.75) is 13.3 Å². The van der Waals surface area contributed by atoms with Crippen LogP contribution in [0.1, 0.15) is 21.6 Å². The van der Waals surface area contributed by atoms with Gasteiger partial charge in [0.15, 0.2) is 5.69 Å². The van der Waals surface area contributed by atoms with E-state index >= 15 is 0 Å². The molecule has 0 radical (unpaired) electrons. The molecule has 2 amide bonds. The summed E-state index contributed by atoms with van der Waals surface area (Å²) in [5, 5.41) is 10.1. The van der Waals surface area contributed by atoms with Crippen LogP contribution in [0, 0.1) is 18.3 Å². The summed E-state index contributed by atoms with van der Waals surface area (Å²) >= 11 is 0. The number of aliphatic hydroxyl groups excluding tert-OH is 1. The number of rotatable bonds is 4. The molecule has 0 unspecified atom stereocenters. The molecular formula is C21H24N4O4. The molecule has 0 bridgehead atoms. The fourth-order valence-corrected chi connectivity index (χ4v) is 4.39. The van der Waals surface area contributed by atoms with Crippen molar-refractivity contribution in [3.8, 4) is 0 Å². The number of hydrogen-bond acceptors (Lipinski definition) is 5. The first-order valence-corrected chi connectivity index (χ1v) is 9.69. The second-order valence-electron chi connectivity index (χ2n) is 8.11. The van der Waals surface area contributed by atoms with Gasteiger partial charge in [-0.3, -0.25) is 14.4 Å². The summed E-state index contributed by atoms with van der Waals surface area (Å²) in [6.45, 7) is 3.48. The Morgan fingerprint density at radius 1 is 1.21 bits per heavy atom. The van der Waals surface area contributed by atoms with Crippen LogP contribution in [0.2, 0.25) is 0 Å². The van der Waals surface area contributed by atoms with Gasteiger partial charge in [0.1, 0.15) is 0 Å². The van der Waals surface area contributed by atoms with Crippen molar-refractivity contribution in [1.29, 1.82) is 0 Å². The number of aryl methyl sites for hydroxylation is 1. The van der Waals surface area contributed by atoms with Crippen molar-refractivity contribution in [2.75, 3.05) is 32.8 Å². The first-order valence-electron chi connectivity index (χ1n) is 9.69. The van der Waals surface area contributed by atoms with E-state index in [2.05, 4.69) is 9.97 Å². The van der Waals surface area contributed by atoms with Crippen molar-refractivity contribution in [3.63, 3.8) is 0 Å². The van der Waals surface area contributed by atoms with Crippen molar-refractivity contribution in [1.82, 2.24) is 19.8 Å². The monoisotopic (exact) mass is 396 g/mol. The molecule has 2 fully saturated rings. The first kappa shape index (κ1) is 19.3. The zero-order valence-corrected chi connectivity index (χ0v) is 16.3. The highest BCUT2D eigenvalue weighted by molar-refractivity contribution is 5.92. The van der Waals surface area contributed by atoms with E-state index in [1.807, 2.05) is 31.2 Å². The molecule has 8 nitrogen and oxygen atoms in total. The minimum absolute atomic E-state index is 0.0233. The summed E-state index contributed by atoms with van der Waals surface area (Å²) in [5.41, 5.74) is 0.880. The number of hydrogen-bond donors (Lipinski definition) is 2. The molecule has 3 heterocycles. The Kier molecular flexibility index (Phi) is 4.96. The van der Waals surface area contributed by atoms with Gasteiger partial charge in [0, 0.05) is 49.9 Å². The van der Waals surface area contributed by atoms with Crippen molar-refractivity contribution < 1.29 is 14.7 Å². The molecule has 4 rings (SSSR count). The van der Waals surface area contributed by atoms with Crippen molar-refractivity contribution in [3.05, 3.63) is 63.8 Å². The number of benzene rings is 1. The van der Waals surface area contributed by atoms with Gasteiger partial charge in [0.2, 0.25) is 5.91 Å². The van der Waals surface area contributed by atoms with Gasteiger partial charge in [-0.15, -0.1) is 0 Å². The van der Waals surface area contributed by atoms with Crippen LogP contribution in [0.25, 0.3) is 0 Å². The van der Waals surface area contributed by atoms with Gasteiger partial charge >= 0.3 is 0 Å². The maximum Gasteiger partial charge on any atom is 0.279 e. The number of nitrogens with one attached hydrogen (secondary N) is 1. The van der Waals surface area contributed by atoms with Crippen molar-refractivity contribution in [2.24, 2.45) is 11.3 Å². The second kappa shape index (κ2) is 7.44. The minimum Gasteiger partial charge on any atom is -0.396 e. The third kappa shape index (κ3) is 3.55. The van der Waals surface area contributed by atoms with Gasteiger partial charge in [-0.05, 0) is 12.5 Å². The number of nitrogens with zero attached hydrogens (tertiary/aromatic N) is 3. The van der Waals surface area contributed by atoms with E-state index in [0.717, 1.165) is 11.1 Å². The summed E-state index contributed by atoms with van der Waals surface area (Å²) in [6, 6.07) is 7.88. The Morgan fingerprint density at radius 3 is 2.55 bits per heavy atom. The quantitative estimate of drug-likeness (QED) is 0.769. The number of carbonyl (C=O) groups excluding carboxylic acids is 2. The average molecular weight is 396 g/mol. The van der Waals surface area contributed by atoms with Crippen LogP contribution in [0.5, 0.6) is 0 Å². The maximum absolute atomic E-state index is 12.8. The summed E-state index contributed by atoms with van der Waals surface area (Å²) < 4.78 is 0. The lowest BCUT2D eigenvalue weighted by Gasteiger charge is -2.27. The molecule has 0 saturated carbocycles. The third-order valence-corrected chi connectivity index (χ3v) is 6.10. The van der Waals surface area contributed by atoms with Crippen LogP contribution in [0.15, 0.2) is 41.5 Å². The Morgan fingerprint density at radius 2 is 1.90 bits per heavy atom. The molecule has 0 spiro atoms. The van der Waals surface area contributed by atoms with E-state index in [1.165, 1.54) is 12.4 Å². The summed E-state index contributed by atoms with van der Waals surface area (Å²) in [7, 11) is 0. The van der Waals surface area contributed by atoms with E-state index in [1.54, 1.807) is 9.80 Å². The molecule has 0 aliphatic carbocycles. The maximum atomic E-state index is 12.8. The van der Waals surface area contributed by atoms with Gasteiger partial charge in [0.05, 0.1) is 13.0 Å². The molecule has 2 aliphatic rings. The van der Waals surface area contributed by atoms with Crippen LogP contribution in [0.3, 0.4) is 0 Å². The summed E-state index contributed by atoms with van der Waals surface area (Å²) in [4.78, 5) is 47.1. The average Bonchev–Trinajstić information content (AvgIpc) is 3.24. The molecule has 1 aromatic heterocycles. The minimum atomic E-state index is -0.555. The van der Waals surface area contributed by atoms with Gasteiger partial charge in [0.25, 0.3) is 11.5 Å². The van der Waals surface area contributed by atoms with Crippen LogP contribution in [-0.4, -0.2) is 69.5 Å². The Balaban J connectivity index is 1.45. The van der Waals surface area contributed by atoms with E-state index in [0.29, 0.717) is 32.6 Å². The summed E-state index contributed by atoms with van der Waals surface area (Å²) in [6.07, 6.45) is 3.07. The first-order chi connectivity index (χ1) is 13.9. The van der Waals surface area contributed by atoms with E-state index in [9.17, 15) is 19.5 Å². The number of amides is 2. The molecule has 152 valence electrons. The molecule has 2 atom stereocenters. The van der Waals surface area contributed by atoms with E-state index in [4.69, 9.17) is 0 Å². The van der Waals surface area contributed by atoms with Gasteiger partial charge in [-0.1, -0.05) is 29.8 Å². The Labute approximate surface area is 168 Å². The Hall–Kier alpha value is -3.00. The highest BCUT2D eigenvalue weighted by Gasteiger charge is 2.54. The topological polar surface area (TPSA) is 107 Å². The fourth-order valence-electron chi connectivity index (χ4n) is 4.39. The molecule has 2 aliphatic heterocycles. The van der Waals surface area contributed by atoms with E-state index < -0.39 is 16.9 Å². The number of aromatic nitrogens is 2. The molecule has 8 heteroatoms. The SMILES string of the molecule is Cc1ccc(CC(=O)N2C[C@@H]3CN(C(=O)c4ncc[nH]c4=O)C[C@]3(CO)C2)cc1. The van der Waals surface area contributed by atoms with Crippen LogP contribution < -0.4 is 5.56 Å². The number of aromatic amines is 1. The predicted octanol–water partition coefficient (Wildman–Crippen LogP) is 0.214. The number of H-pyrrole nitrogens is 1. The number of likely N-dealkylation sites (tertiary alicyclic amines) is 2. The zero-order valence-electron chi connectivity index (χ0n) is 16.3. The second-order valence-corrected chi connectivity index (χ2v) is 8.11. The molecule has 2 N–H and O–H groups in total. The predicted molar refractivity (Wildman–Crippen MR) is 105 cm³/mol. The van der Waals surface area contributed by atoms with Crippen LogP contribution >= 0.6 is 0 Å². The number of aliphatic hydroxyl groups is 1. The molecular weight excluding hydrogens is 372 g/mol. The highest BCUT2D eigenvalue weighted by Crippen LogP contribution is 2.42. The Bertz CT molecular complexity index is 987. The molecule has 2 saturated heterocycles. The lowest BCUT2D eigenvalue weighted by atomic mass is 9.82. The smallest absolute Gasteiger partial charge is 0.279 e.